The van der Waals surface area contributed by atoms with Crippen molar-refractivity contribution in [3.05, 3.63) is 0 Å². The monoisotopic (exact) mass is 308 g/mol. The molecule has 2 rings (SSSR count). The first-order valence-electron chi connectivity index (χ1n) is 5.89. The molecule has 1 aliphatic carbocycles. The summed E-state index contributed by atoms with van der Waals surface area (Å²) >= 11 is 2.46. The quantitative estimate of drug-likeness (QED) is 0.557. The Kier molecular flexibility index (Phi) is 3.42. The van der Waals surface area contributed by atoms with Gasteiger partial charge < -0.3 is 4.74 Å². The molecule has 1 spiro atoms. The van der Waals surface area contributed by atoms with Gasteiger partial charge in [-0.1, -0.05) is 36.4 Å². The van der Waals surface area contributed by atoms with E-state index in [1.807, 2.05) is 0 Å². The lowest BCUT2D eigenvalue weighted by molar-refractivity contribution is -0.188. The zero-order chi connectivity index (χ0) is 10.2. The van der Waals surface area contributed by atoms with Gasteiger partial charge in [-0.05, 0) is 43.9 Å². The van der Waals surface area contributed by atoms with Gasteiger partial charge in [-0.15, -0.1) is 0 Å². The van der Waals surface area contributed by atoms with E-state index in [1.165, 1.54) is 36.5 Å². The lowest BCUT2D eigenvalue weighted by Crippen LogP contribution is -2.52. The second kappa shape index (κ2) is 4.28. The molecule has 2 fully saturated rings. The SMILES string of the molecule is CC(C)C1CC2(CCCC(CI)O2)C1. The Morgan fingerprint density at radius 1 is 1.43 bits per heavy atom. The first-order valence-corrected chi connectivity index (χ1v) is 7.41. The highest BCUT2D eigenvalue weighted by Crippen LogP contribution is 2.50. The van der Waals surface area contributed by atoms with Gasteiger partial charge in [0.15, 0.2) is 0 Å². The first kappa shape index (κ1) is 11.2. The van der Waals surface area contributed by atoms with E-state index >= 15 is 0 Å². The van der Waals surface area contributed by atoms with E-state index in [-0.39, 0.29) is 0 Å². The van der Waals surface area contributed by atoms with Gasteiger partial charge in [0.1, 0.15) is 0 Å². The molecule has 1 unspecified atom stereocenters. The highest BCUT2D eigenvalue weighted by Gasteiger charge is 2.48. The molecule has 2 heteroatoms. The molecule has 1 aliphatic heterocycles. The smallest absolute Gasteiger partial charge is 0.0692 e. The van der Waals surface area contributed by atoms with Crippen LogP contribution < -0.4 is 0 Å². The maximum atomic E-state index is 6.23. The Labute approximate surface area is 101 Å². The molecular formula is C12H21IO. The molecule has 0 radical (unpaired) electrons. The van der Waals surface area contributed by atoms with Crippen LogP contribution in [0.5, 0.6) is 0 Å². The van der Waals surface area contributed by atoms with E-state index in [9.17, 15) is 0 Å². The summed E-state index contributed by atoms with van der Waals surface area (Å²) in [6.07, 6.45) is 7.21. The molecule has 0 aromatic heterocycles. The summed E-state index contributed by atoms with van der Waals surface area (Å²) in [5, 5.41) is 0. The van der Waals surface area contributed by atoms with Crippen molar-refractivity contribution in [3.8, 4) is 0 Å². The summed E-state index contributed by atoms with van der Waals surface area (Å²) in [6, 6.07) is 0. The molecule has 1 heterocycles. The van der Waals surface area contributed by atoms with Gasteiger partial charge >= 0.3 is 0 Å². The van der Waals surface area contributed by atoms with Crippen molar-refractivity contribution in [2.24, 2.45) is 11.8 Å². The average Bonchev–Trinajstić information content (AvgIpc) is 2.14. The summed E-state index contributed by atoms with van der Waals surface area (Å²) < 4.78 is 7.40. The van der Waals surface area contributed by atoms with Crippen molar-refractivity contribution in [2.75, 3.05) is 4.43 Å². The number of alkyl halides is 1. The number of ether oxygens (including phenoxy) is 1. The molecule has 14 heavy (non-hydrogen) atoms. The van der Waals surface area contributed by atoms with Gasteiger partial charge in [-0.25, -0.2) is 0 Å². The van der Waals surface area contributed by atoms with Gasteiger partial charge in [-0.2, -0.15) is 0 Å². The molecule has 82 valence electrons. The van der Waals surface area contributed by atoms with Crippen LogP contribution in [0.3, 0.4) is 0 Å². The van der Waals surface area contributed by atoms with Gasteiger partial charge in [0.05, 0.1) is 11.7 Å². The maximum Gasteiger partial charge on any atom is 0.0692 e. The van der Waals surface area contributed by atoms with Crippen molar-refractivity contribution >= 4 is 22.6 Å². The number of hydrogen-bond acceptors (Lipinski definition) is 1. The van der Waals surface area contributed by atoms with Gasteiger partial charge in [0.2, 0.25) is 0 Å². The normalized spacial score (nSPS) is 42.9. The van der Waals surface area contributed by atoms with Crippen molar-refractivity contribution in [1.29, 1.82) is 0 Å². The molecule has 1 nitrogen and oxygen atoms in total. The minimum Gasteiger partial charge on any atom is -0.371 e. The van der Waals surface area contributed by atoms with Crippen LogP contribution >= 0.6 is 22.6 Å². The highest BCUT2D eigenvalue weighted by atomic mass is 127. The van der Waals surface area contributed by atoms with Crippen LogP contribution in [0.1, 0.15) is 46.0 Å². The molecule has 1 saturated carbocycles. The van der Waals surface area contributed by atoms with Crippen LogP contribution in [0.25, 0.3) is 0 Å². The molecular weight excluding hydrogens is 287 g/mol. The van der Waals surface area contributed by atoms with Gasteiger partial charge in [0, 0.05) is 4.43 Å². The Morgan fingerprint density at radius 2 is 2.14 bits per heavy atom. The summed E-state index contributed by atoms with van der Waals surface area (Å²) in [5.74, 6) is 1.78. The Morgan fingerprint density at radius 3 is 2.71 bits per heavy atom. The van der Waals surface area contributed by atoms with E-state index in [2.05, 4.69) is 36.4 Å². The van der Waals surface area contributed by atoms with Crippen molar-refractivity contribution in [2.45, 2.75) is 57.7 Å². The van der Waals surface area contributed by atoms with Gasteiger partial charge in [0.25, 0.3) is 0 Å². The topological polar surface area (TPSA) is 9.23 Å². The fourth-order valence-electron chi connectivity index (χ4n) is 2.90. The Balaban J connectivity index is 1.87. The third-order valence-corrected chi connectivity index (χ3v) is 4.94. The second-order valence-corrected chi connectivity index (χ2v) is 6.26. The molecule has 0 aromatic rings. The maximum absolute atomic E-state index is 6.23. The lowest BCUT2D eigenvalue weighted by atomic mass is 9.63. The number of hydrogen-bond donors (Lipinski definition) is 0. The van der Waals surface area contributed by atoms with E-state index in [4.69, 9.17) is 4.74 Å². The van der Waals surface area contributed by atoms with Gasteiger partial charge in [-0.3, -0.25) is 0 Å². The molecule has 1 atom stereocenters. The highest BCUT2D eigenvalue weighted by molar-refractivity contribution is 14.1. The van der Waals surface area contributed by atoms with Crippen LogP contribution in [-0.2, 0) is 4.74 Å². The Bertz CT molecular complexity index is 196. The molecule has 0 N–H and O–H groups in total. The molecule has 0 bridgehead atoms. The fourth-order valence-corrected chi connectivity index (χ4v) is 3.52. The standard InChI is InChI=1S/C12H21IO/c1-9(2)10-6-12(7-10)5-3-4-11(8-13)14-12/h9-11H,3-8H2,1-2H3. The molecule has 2 aliphatic rings. The zero-order valence-electron chi connectivity index (χ0n) is 9.26. The van der Waals surface area contributed by atoms with Crippen LogP contribution in [0, 0.1) is 11.8 Å². The molecule has 0 aromatic carbocycles. The zero-order valence-corrected chi connectivity index (χ0v) is 11.4. The van der Waals surface area contributed by atoms with Crippen molar-refractivity contribution in [3.63, 3.8) is 0 Å². The van der Waals surface area contributed by atoms with E-state index in [0.717, 1.165) is 11.8 Å². The van der Waals surface area contributed by atoms with Crippen LogP contribution in [0.4, 0.5) is 0 Å². The minimum atomic E-state index is 0.322. The third kappa shape index (κ3) is 2.11. The molecule has 0 amide bonds. The van der Waals surface area contributed by atoms with Crippen LogP contribution in [0.2, 0.25) is 0 Å². The van der Waals surface area contributed by atoms with Crippen LogP contribution in [-0.4, -0.2) is 16.1 Å². The summed E-state index contributed by atoms with van der Waals surface area (Å²) in [5.41, 5.74) is 0.322. The van der Waals surface area contributed by atoms with E-state index in [1.54, 1.807) is 0 Å². The minimum absolute atomic E-state index is 0.322. The average molecular weight is 308 g/mol. The predicted octanol–water partition coefficient (Wildman–Crippen LogP) is 3.80. The van der Waals surface area contributed by atoms with Crippen molar-refractivity contribution in [1.82, 2.24) is 0 Å². The first-order chi connectivity index (χ1) is 6.65. The number of halogens is 1. The lowest BCUT2D eigenvalue weighted by Gasteiger charge is -2.53. The fraction of sp³-hybridized carbons (Fsp3) is 1.00. The van der Waals surface area contributed by atoms with Crippen molar-refractivity contribution < 1.29 is 4.74 Å². The molecule has 1 saturated heterocycles. The largest absolute Gasteiger partial charge is 0.371 e. The predicted molar refractivity (Wildman–Crippen MR) is 67.9 cm³/mol. The third-order valence-electron chi connectivity index (χ3n) is 3.96. The number of rotatable bonds is 2. The van der Waals surface area contributed by atoms with E-state index < -0.39 is 0 Å². The van der Waals surface area contributed by atoms with Crippen LogP contribution in [0.15, 0.2) is 0 Å². The Hall–Kier alpha value is 0.690. The summed E-state index contributed by atoms with van der Waals surface area (Å²) in [4.78, 5) is 0. The van der Waals surface area contributed by atoms with E-state index in [0.29, 0.717) is 11.7 Å². The summed E-state index contributed by atoms with van der Waals surface area (Å²) in [6.45, 7) is 4.69. The summed E-state index contributed by atoms with van der Waals surface area (Å²) in [7, 11) is 0. The second-order valence-electron chi connectivity index (χ2n) is 5.38.